The van der Waals surface area contributed by atoms with E-state index in [1.807, 2.05) is 26.8 Å². The smallest absolute Gasteiger partial charge is 0.333 e. The molecule has 0 rings (SSSR count). The third-order valence-electron chi connectivity index (χ3n) is 2.99. The van der Waals surface area contributed by atoms with Gasteiger partial charge in [0.1, 0.15) is 0 Å². The van der Waals surface area contributed by atoms with Gasteiger partial charge in [0.2, 0.25) is 0 Å². The summed E-state index contributed by atoms with van der Waals surface area (Å²) in [5.41, 5.74) is 3.09. The van der Waals surface area contributed by atoms with Gasteiger partial charge in [0.25, 0.3) is 0 Å². The monoisotopic (exact) mass is 236 g/mol. The molecule has 0 saturated carbocycles. The molecule has 0 aromatic carbocycles. The molecule has 17 heavy (non-hydrogen) atoms. The van der Waals surface area contributed by atoms with Crippen molar-refractivity contribution in [1.29, 1.82) is 0 Å². The Bertz CT molecular complexity index is 335. The minimum atomic E-state index is -0.206. The molecule has 0 saturated heterocycles. The number of hydrogen-bond acceptors (Lipinski definition) is 2. The van der Waals surface area contributed by atoms with E-state index in [9.17, 15) is 4.79 Å². The van der Waals surface area contributed by atoms with E-state index in [2.05, 4.69) is 20.4 Å². The SMILES string of the molecule is C=CC=C(C)C(C)CC(C)=C(C)C(=O)OCC. The van der Waals surface area contributed by atoms with E-state index in [-0.39, 0.29) is 5.97 Å². The van der Waals surface area contributed by atoms with Crippen LogP contribution >= 0.6 is 0 Å². The van der Waals surface area contributed by atoms with Crippen LogP contribution in [0.2, 0.25) is 0 Å². The van der Waals surface area contributed by atoms with Crippen molar-refractivity contribution in [2.75, 3.05) is 6.61 Å². The largest absolute Gasteiger partial charge is 0.463 e. The van der Waals surface area contributed by atoms with Crippen LogP contribution in [0.15, 0.2) is 35.5 Å². The highest BCUT2D eigenvalue weighted by Crippen LogP contribution is 2.21. The third kappa shape index (κ3) is 5.53. The lowest BCUT2D eigenvalue weighted by molar-refractivity contribution is -0.138. The first-order valence-corrected chi connectivity index (χ1v) is 6.06. The van der Waals surface area contributed by atoms with E-state index >= 15 is 0 Å². The summed E-state index contributed by atoms with van der Waals surface area (Å²) in [6.45, 7) is 14.0. The molecule has 0 aromatic rings. The van der Waals surface area contributed by atoms with Crippen LogP contribution < -0.4 is 0 Å². The van der Waals surface area contributed by atoms with Crippen molar-refractivity contribution in [3.8, 4) is 0 Å². The van der Waals surface area contributed by atoms with Crippen LogP contribution in [0.5, 0.6) is 0 Å². The number of esters is 1. The average molecular weight is 236 g/mol. The molecule has 0 aliphatic carbocycles. The number of carbonyl (C=O) groups excluding carboxylic acids is 1. The third-order valence-corrected chi connectivity index (χ3v) is 2.99. The Morgan fingerprint density at radius 3 is 2.41 bits per heavy atom. The minimum Gasteiger partial charge on any atom is -0.463 e. The van der Waals surface area contributed by atoms with Crippen molar-refractivity contribution in [2.45, 2.75) is 41.0 Å². The van der Waals surface area contributed by atoms with Crippen molar-refractivity contribution in [3.63, 3.8) is 0 Å². The molecule has 96 valence electrons. The van der Waals surface area contributed by atoms with E-state index in [0.717, 1.165) is 17.6 Å². The van der Waals surface area contributed by atoms with Gasteiger partial charge in [-0.2, -0.15) is 0 Å². The van der Waals surface area contributed by atoms with Crippen LogP contribution in [0.3, 0.4) is 0 Å². The molecule has 0 spiro atoms. The van der Waals surface area contributed by atoms with Crippen molar-refractivity contribution in [1.82, 2.24) is 0 Å². The quantitative estimate of drug-likeness (QED) is 0.395. The van der Waals surface area contributed by atoms with Gasteiger partial charge >= 0.3 is 5.97 Å². The fourth-order valence-electron chi connectivity index (χ4n) is 1.54. The summed E-state index contributed by atoms with van der Waals surface area (Å²) >= 11 is 0. The topological polar surface area (TPSA) is 26.3 Å². The predicted octanol–water partition coefficient (Wildman–Crippen LogP) is 4.04. The highest BCUT2D eigenvalue weighted by atomic mass is 16.5. The Morgan fingerprint density at radius 2 is 1.94 bits per heavy atom. The van der Waals surface area contributed by atoms with Crippen molar-refractivity contribution < 1.29 is 9.53 Å². The Balaban J connectivity index is 4.66. The van der Waals surface area contributed by atoms with Crippen molar-refractivity contribution >= 4 is 5.97 Å². The maximum atomic E-state index is 11.6. The second-order valence-electron chi connectivity index (χ2n) is 4.38. The van der Waals surface area contributed by atoms with E-state index in [1.165, 1.54) is 5.57 Å². The van der Waals surface area contributed by atoms with Crippen LogP contribution in [0, 0.1) is 5.92 Å². The molecule has 0 N–H and O–H groups in total. The molecule has 0 amide bonds. The van der Waals surface area contributed by atoms with Crippen LogP contribution in [0.4, 0.5) is 0 Å². The molecular weight excluding hydrogens is 212 g/mol. The molecule has 0 radical (unpaired) electrons. The summed E-state index contributed by atoms with van der Waals surface area (Å²) in [6, 6.07) is 0. The second-order valence-corrected chi connectivity index (χ2v) is 4.38. The predicted molar refractivity (Wildman–Crippen MR) is 72.7 cm³/mol. The van der Waals surface area contributed by atoms with Crippen molar-refractivity contribution in [2.24, 2.45) is 5.92 Å². The van der Waals surface area contributed by atoms with Gasteiger partial charge in [-0.15, -0.1) is 0 Å². The lowest BCUT2D eigenvalue weighted by Crippen LogP contribution is -2.08. The highest BCUT2D eigenvalue weighted by molar-refractivity contribution is 5.88. The number of allylic oxidation sites excluding steroid dienone is 4. The number of hydrogen-bond donors (Lipinski definition) is 0. The van der Waals surface area contributed by atoms with Gasteiger partial charge in [-0.1, -0.05) is 36.8 Å². The zero-order chi connectivity index (χ0) is 13.4. The lowest BCUT2D eigenvalue weighted by Gasteiger charge is -2.14. The first-order chi connectivity index (χ1) is 7.93. The molecule has 0 aliphatic rings. The summed E-state index contributed by atoms with van der Waals surface area (Å²) in [5.74, 6) is 0.208. The Morgan fingerprint density at radius 1 is 1.35 bits per heavy atom. The van der Waals surface area contributed by atoms with Crippen LogP contribution in [-0.4, -0.2) is 12.6 Å². The van der Waals surface area contributed by atoms with Gasteiger partial charge in [-0.05, 0) is 40.0 Å². The van der Waals surface area contributed by atoms with E-state index < -0.39 is 0 Å². The first kappa shape index (κ1) is 15.7. The molecule has 2 heteroatoms. The Kier molecular flexibility index (Phi) is 7.27. The van der Waals surface area contributed by atoms with Gasteiger partial charge in [0, 0.05) is 5.57 Å². The minimum absolute atomic E-state index is 0.206. The van der Waals surface area contributed by atoms with Crippen LogP contribution in [0.1, 0.15) is 41.0 Å². The molecule has 0 aromatic heterocycles. The van der Waals surface area contributed by atoms with Crippen LogP contribution in [-0.2, 0) is 9.53 Å². The Labute approximate surface area is 105 Å². The summed E-state index contributed by atoms with van der Waals surface area (Å²) in [5, 5.41) is 0. The maximum absolute atomic E-state index is 11.6. The standard InChI is InChI=1S/C15H24O2/c1-7-9-11(3)12(4)10-13(5)14(6)15(16)17-8-2/h7,9,12H,1,8,10H2,2-6H3. The zero-order valence-electron chi connectivity index (χ0n) is 11.7. The molecule has 0 aliphatic heterocycles. The number of rotatable bonds is 6. The second kappa shape index (κ2) is 7.88. The van der Waals surface area contributed by atoms with Crippen LogP contribution in [0.25, 0.3) is 0 Å². The normalized spacial score (nSPS) is 15.0. The summed E-state index contributed by atoms with van der Waals surface area (Å²) < 4.78 is 4.99. The molecule has 0 fully saturated rings. The average Bonchev–Trinajstić information content (AvgIpc) is 2.28. The van der Waals surface area contributed by atoms with Gasteiger partial charge in [-0.3, -0.25) is 0 Å². The van der Waals surface area contributed by atoms with Gasteiger partial charge in [-0.25, -0.2) is 4.79 Å². The molecule has 0 bridgehead atoms. The molecule has 1 atom stereocenters. The fraction of sp³-hybridized carbons (Fsp3) is 0.533. The summed E-state index contributed by atoms with van der Waals surface area (Å²) in [7, 11) is 0. The zero-order valence-corrected chi connectivity index (χ0v) is 11.7. The van der Waals surface area contributed by atoms with E-state index in [4.69, 9.17) is 4.74 Å². The van der Waals surface area contributed by atoms with Gasteiger partial charge in [0.05, 0.1) is 6.61 Å². The first-order valence-electron chi connectivity index (χ1n) is 6.06. The number of carbonyl (C=O) groups is 1. The summed E-state index contributed by atoms with van der Waals surface area (Å²) in [6.07, 6.45) is 4.68. The molecular formula is C15H24O2. The maximum Gasteiger partial charge on any atom is 0.333 e. The van der Waals surface area contributed by atoms with Crippen molar-refractivity contribution in [3.05, 3.63) is 35.5 Å². The summed E-state index contributed by atoms with van der Waals surface area (Å²) in [4.78, 5) is 11.6. The van der Waals surface area contributed by atoms with Gasteiger partial charge < -0.3 is 4.74 Å². The molecule has 2 nitrogen and oxygen atoms in total. The van der Waals surface area contributed by atoms with E-state index in [1.54, 1.807) is 6.08 Å². The fourth-order valence-corrected chi connectivity index (χ4v) is 1.54. The van der Waals surface area contributed by atoms with E-state index in [0.29, 0.717) is 12.5 Å². The molecule has 0 heterocycles. The lowest BCUT2D eigenvalue weighted by atomic mass is 9.93. The van der Waals surface area contributed by atoms with Gasteiger partial charge in [0.15, 0.2) is 0 Å². The Hall–Kier alpha value is -1.31. The number of ether oxygens (including phenoxy) is 1. The molecule has 1 unspecified atom stereocenters. The highest BCUT2D eigenvalue weighted by Gasteiger charge is 2.11.